The van der Waals surface area contributed by atoms with E-state index in [-0.39, 0.29) is 25.0 Å². The number of morpholine rings is 1. The van der Waals surface area contributed by atoms with E-state index in [1.54, 1.807) is 13.2 Å². The average molecular weight is 828 g/mol. The fraction of sp³-hybridized carbons (Fsp3) is 0.690. The Bertz CT molecular complexity index is 1860. The second-order valence-corrected chi connectivity index (χ2v) is 18.1. The molecule has 16 heteroatoms. The van der Waals surface area contributed by atoms with Crippen LogP contribution in [0.2, 0.25) is 5.02 Å². The summed E-state index contributed by atoms with van der Waals surface area (Å²) in [6.07, 6.45) is 2.71. The Hall–Kier alpha value is -3.92. The van der Waals surface area contributed by atoms with Crippen molar-refractivity contribution >= 4 is 46.4 Å². The molecule has 0 unspecified atom stereocenters. The van der Waals surface area contributed by atoms with Gasteiger partial charge in [0.1, 0.15) is 53.0 Å². The maximum absolute atomic E-state index is 14.7. The number of pyridine rings is 1. The summed E-state index contributed by atoms with van der Waals surface area (Å²) >= 11 is 6.98. The van der Waals surface area contributed by atoms with Gasteiger partial charge in [-0.2, -0.15) is 0 Å². The number of likely N-dealkylation sites (tertiary alicyclic amines) is 1. The van der Waals surface area contributed by atoms with E-state index in [1.165, 1.54) is 11.3 Å². The minimum atomic E-state index is -1.40. The molecule has 2 saturated heterocycles. The summed E-state index contributed by atoms with van der Waals surface area (Å²) in [5.74, 6) is -0.241. The van der Waals surface area contributed by atoms with Gasteiger partial charge in [0.25, 0.3) is 0 Å². The zero-order chi connectivity index (χ0) is 41.4. The minimum absolute atomic E-state index is 0.00280. The number of nitrogens with one attached hydrogen (secondary N) is 2. The number of carboxylic acids is 1. The van der Waals surface area contributed by atoms with E-state index >= 15 is 0 Å². The van der Waals surface area contributed by atoms with Gasteiger partial charge in [0.05, 0.1) is 31.9 Å². The molecule has 3 N–H and O–H groups in total. The normalized spacial score (nSPS) is 28.4. The number of methoxy groups -OCH3 is 1. The first kappa shape index (κ1) is 42.2. The molecule has 15 nitrogen and oxygen atoms in total. The third-order valence-electron chi connectivity index (χ3n) is 12.5. The van der Waals surface area contributed by atoms with Gasteiger partial charge < -0.3 is 44.3 Å². The number of rotatable bonds is 16. The molecule has 3 aliphatic carbocycles. The summed E-state index contributed by atoms with van der Waals surface area (Å²) in [5.41, 5.74) is -1.03. The fourth-order valence-corrected chi connectivity index (χ4v) is 9.20. The van der Waals surface area contributed by atoms with Crippen molar-refractivity contribution in [3.8, 4) is 11.5 Å². The maximum atomic E-state index is 14.7. The second kappa shape index (κ2) is 17.4. The molecule has 58 heavy (non-hydrogen) atoms. The number of hydrogen-bond acceptors (Lipinski definition) is 11. The van der Waals surface area contributed by atoms with Gasteiger partial charge in [0.15, 0.2) is 0 Å². The molecule has 3 amide bonds. The first-order chi connectivity index (χ1) is 27.7. The molecule has 3 heterocycles. The summed E-state index contributed by atoms with van der Waals surface area (Å²) in [6.45, 7) is 12.0. The Kier molecular flexibility index (Phi) is 12.6. The molecular formula is C42H58ClN5O10. The monoisotopic (exact) mass is 827 g/mol. The van der Waals surface area contributed by atoms with Gasteiger partial charge >= 0.3 is 12.1 Å². The van der Waals surface area contributed by atoms with Crippen molar-refractivity contribution in [3.63, 3.8) is 0 Å². The number of benzene rings is 1. The van der Waals surface area contributed by atoms with Gasteiger partial charge in [-0.05, 0) is 61.0 Å². The van der Waals surface area contributed by atoms with Crippen LogP contribution in [0, 0.1) is 23.2 Å². The van der Waals surface area contributed by atoms with Crippen LogP contribution < -0.4 is 20.1 Å². The number of aromatic nitrogens is 1. The Morgan fingerprint density at radius 1 is 1.05 bits per heavy atom. The van der Waals surface area contributed by atoms with Gasteiger partial charge in [0.2, 0.25) is 11.8 Å². The first-order valence-corrected chi connectivity index (χ1v) is 21.1. The number of nitrogens with zero attached hydrogens (tertiary/aromatic N) is 3. The summed E-state index contributed by atoms with van der Waals surface area (Å²) in [5, 5.41) is 16.7. The van der Waals surface area contributed by atoms with E-state index in [2.05, 4.69) is 15.5 Å². The van der Waals surface area contributed by atoms with Crippen LogP contribution in [-0.4, -0.2) is 133 Å². The molecule has 1 aromatic carbocycles. The van der Waals surface area contributed by atoms with Crippen molar-refractivity contribution in [2.45, 2.75) is 102 Å². The van der Waals surface area contributed by atoms with Gasteiger partial charge in [-0.1, -0.05) is 45.7 Å². The van der Waals surface area contributed by atoms with E-state index in [1.807, 2.05) is 39.8 Å². The highest BCUT2D eigenvalue weighted by Gasteiger charge is 2.61. The highest BCUT2D eigenvalue weighted by atomic mass is 35.5. The lowest BCUT2D eigenvalue weighted by atomic mass is 9.85. The molecule has 1 aromatic heterocycles. The Labute approximate surface area is 344 Å². The molecule has 5 fully saturated rings. The van der Waals surface area contributed by atoms with Gasteiger partial charge in [-0.3, -0.25) is 19.5 Å². The number of alkyl carbamates (subject to hydrolysis) is 1. The highest BCUT2D eigenvalue weighted by Crippen LogP contribution is 2.52. The Morgan fingerprint density at radius 2 is 1.79 bits per heavy atom. The van der Waals surface area contributed by atoms with Crippen molar-refractivity contribution in [2.75, 3.05) is 59.7 Å². The molecule has 318 valence electrons. The van der Waals surface area contributed by atoms with Crippen LogP contribution in [0.3, 0.4) is 0 Å². The number of halogens is 1. The first-order valence-electron chi connectivity index (χ1n) is 20.7. The smallest absolute Gasteiger partial charge is 0.408 e. The number of carbonyl (C=O) groups excluding carboxylic acids is 3. The molecule has 0 spiro atoms. The van der Waals surface area contributed by atoms with Crippen LogP contribution in [0.5, 0.6) is 11.5 Å². The topological polar surface area (TPSA) is 178 Å². The number of carboxylic acid groups (broad SMARTS) is 1. The standard InChI is InChI=1S/C42H58ClN5O10/c1-6-26-22-42(26,39(51)52)46-37(49)31-21-29(23-48(31)38(50)36(41(2,3)4)45-40(53)58-28-18-24-17-25(24)19-28)57-33-20-27(9-13-54-5)44-35-30(33)7-8-32(34(35)43)56-16-12-47-10-14-55-15-11-47/h7-8,20,24-26,28-29,31,36H,6,9-19,21-23H2,1-5H3,(H,45,53)(H,46,49)(H,51,52)/t24-,25+,26-,28+,29-,31+,36-,42-/m1/s1. The fourth-order valence-electron chi connectivity index (χ4n) is 8.93. The molecule has 7 rings (SSSR count). The van der Waals surface area contributed by atoms with Crippen LogP contribution in [0.15, 0.2) is 18.2 Å². The number of hydrogen-bond donors (Lipinski definition) is 3. The Balaban J connectivity index is 1.14. The van der Waals surface area contributed by atoms with Gasteiger partial charge in [0, 0.05) is 56.7 Å². The molecule has 2 aliphatic heterocycles. The van der Waals surface area contributed by atoms with Crippen LogP contribution in [-0.2, 0) is 35.0 Å². The van der Waals surface area contributed by atoms with Crippen LogP contribution in [0.25, 0.3) is 10.9 Å². The molecule has 8 atom stereocenters. The Morgan fingerprint density at radius 3 is 2.45 bits per heavy atom. The number of carbonyl (C=O) groups is 4. The van der Waals surface area contributed by atoms with E-state index in [0.29, 0.717) is 90.6 Å². The third-order valence-corrected chi connectivity index (χ3v) is 12.9. The quantitative estimate of drug-likeness (QED) is 0.217. The minimum Gasteiger partial charge on any atom is -0.491 e. The van der Waals surface area contributed by atoms with Crippen molar-refractivity contribution < 1.29 is 48.0 Å². The number of aliphatic carboxylic acids is 1. The number of ether oxygens (including phenoxy) is 5. The molecule has 0 bridgehead atoms. The van der Waals surface area contributed by atoms with E-state index in [9.17, 15) is 24.3 Å². The molecule has 3 saturated carbocycles. The average Bonchev–Trinajstić information content (AvgIpc) is 4.00. The lowest BCUT2D eigenvalue weighted by Crippen LogP contribution is -2.59. The van der Waals surface area contributed by atoms with E-state index in [4.69, 9.17) is 40.3 Å². The summed E-state index contributed by atoms with van der Waals surface area (Å²) < 4.78 is 29.4. The van der Waals surface area contributed by atoms with Crippen molar-refractivity contribution in [3.05, 3.63) is 28.9 Å². The third kappa shape index (κ3) is 9.27. The zero-order valence-electron chi connectivity index (χ0n) is 34.2. The molecular weight excluding hydrogens is 770 g/mol. The SMILES string of the molecule is CC[C@@H]1C[C@]1(NC(=O)[C@@H]1C[C@@H](Oc2cc(CCOC)nc3c(Cl)c(OCCN4CCOCC4)ccc23)CN1C(=O)[C@@H](NC(=O)O[C@@H]1C[C@@H]2C[C@@H]2C1)C(C)(C)C)C(=O)O. The molecule has 5 aliphatic rings. The highest BCUT2D eigenvalue weighted by molar-refractivity contribution is 6.36. The zero-order valence-corrected chi connectivity index (χ0v) is 35.0. The molecule has 2 aromatic rings. The lowest BCUT2D eigenvalue weighted by Gasteiger charge is -2.35. The van der Waals surface area contributed by atoms with E-state index in [0.717, 1.165) is 32.5 Å². The van der Waals surface area contributed by atoms with Gasteiger partial charge in [-0.25, -0.2) is 9.59 Å². The predicted molar refractivity (Wildman–Crippen MR) is 214 cm³/mol. The van der Waals surface area contributed by atoms with Crippen molar-refractivity contribution in [2.24, 2.45) is 23.2 Å². The lowest BCUT2D eigenvalue weighted by molar-refractivity contribution is -0.146. The van der Waals surface area contributed by atoms with Crippen molar-refractivity contribution in [1.29, 1.82) is 0 Å². The van der Waals surface area contributed by atoms with Crippen LogP contribution in [0.4, 0.5) is 4.79 Å². The van der Waals surface area contributed by atoms with Gasteiger partial charge in [-0.15, -0.1) is 0 Å². The van der Waals surface area contributed by atoms with Crippen molar-refractivity contribution in [1.82, 2.24) is 25.4 Å². The summed E-state index contributed by atoms with van der Waals surface area (Å²) in [4.78, 5) is 63.1. The molecule has 0 radical (unpaired) electrons. The van der Waals surface area contributed by atoms with E-state index < -0.39 is 53.0 Å². The largest absolute Gasteiger partial charge is 0.491 e. The summed E-state index contributed by atoms with van der Waals surface area (Å²) in [6, 6.07) is 3.31. The predicted octanol–water partition coefficient (Wildman–Crippen LogP) is 4.45. The van der Waals surface area contributed by atoms with Crippen LogP contribution >= 0.6 is 11.6 Å². The maximum Gasteiger partial charge on any atom is 0.408 e. The number of amides is 3. The number of fused-ring (bicyclic) bond motifs is 2. The van der Waals surface area contributed by atoms with Crippen LogP contribution in [0.1, 0.15) is 71.9 Å². The summed E-state index contributed by atoms with van der Waals surface area (Å²) in [7, 11) is 1.61. The second-order valence-electron chi connectivity index (χ2n) is 17.7.